The molecule has 1 N–H and O–H groups in total. The van der Waals surface area contributed by atoms with Gasteiger partial charge in [-0.05, 0) is 45.0 Å². The molecule has 1 saturated heterocycles. The second-order valence-corrected chi connectivity index (χ2v) is 5.39. The van der Waals surface area contributed by atoms with Gasteiger partial charge in [-0.15, -0.1) is 0 Å². The van der Waals surface area contributed by atoms with Crippen molar-refractivity contribution in [1.82, 2.24) is 10.2 Å². The number of hydrogen-bond donors (Lipinski definition) is 1. The van der Waals surface area contributed by atoms with Crippen LogP contribution in [0.1, 0.15) is 31.9 Å². The molecule has 1 aromatic carbocycles. The summed E-state index contributed by atoms with van der Waals surface area (Å²) in [6, 6.07) is 9.94. The van der Waals surface area contributed by atoms with E-state index in [1.54, 1.807) is 7.11 Å². The zero-order chi connectivity index (χ0) is 13.1. The number of nitrogens with one attached hydrogen (secondary N) is 1. The van der Waals surface area contributed by atoms with E-state index < -0.39 is 0 Å². The van der Waals surface area contributed by atoms with Gasteiger partial charge in [-0.1, -0.05) is 12.1 Å². The lowest BCUT2D eigenvalue weighted by atomic mass is 10.1. The van der Waals surface area contributed by atoms with Crippen molar-refractivity contribution in [1.29, 1.82) is 0 Å². The van der Waals surface area contributed by atoms with Crippen LogP contribution in [0.25, 0.3) is 0 Å². The molecule has 0 bridgehead atoms. The SMILES string of the molecule is COc1cccc([C@H](C)NC2CC(C)N(C)C2)c1. The number of methoxy groups -OCH3 is 1. The Labute approximate surface area is 110 Å². The van der Waals surface area contributed by atoms with Gasteiger partial charge in [0.2, 0.25) is 0 Å². The van der Waals surface area contributed by atoms with E-state index in [0.717, 1.165) is 12.3 Å². The molecule has 2 rings (SSSR count). The normalized spacial score (nSPS) is 26.2. The number of benzene rings is 1. The van der Waals surface area contributed by atoms with Crippen LogP contribution in [0.5, 0.6) is 5.75 Å². The third-order valence-corrected chi connectivity index (χ3v) is 3.97. The third kappa shape index (κ3) is 3.03. The smallest absolute Gasteiger partial charge is 0.119 e. The van der Waals surface area contributed by atoms with Gasteiger partial charge in [0.25, 0.3) is 0 Å². The fourth-order valence-electron chi connectivity index (χ4n) is 2.68. The molecule has 1 fully saturated rings. The highest BCUT2D eigenvalue weighted by Crippen LogP contribution is 2.22. The highest BCUT2D eigenvalue weighted by molar-refractivity contribution is 5.30. The molecule has 1 aromatic rings. The fourth-order valence-corrected chi connectivity index (χ4v) is 2.68. The van der Waals surface area contributed by atoms with Crippen molar-refractivity contribution in [3.05, 3.63) is 29.8 Å². The van der Waals surface area contributed by atoms with E-state index in [1.807, 2.05) is 6.07 Å². The van der Waals surface area contributed by atoms with Crippen LogP contribution in [0.3, 0.4) is 0 Å². The molecule has 0 radical (unpaired) electrons. The minimum absolute atomic E-state index is 0.365. The Morgan fingerprint density at radius 2 is 2.22 bits per heavy atom. The molecule has 1 heterocycles. The highest BCUT2D eigenvalue weighted by Gasteiger charge is 2.26. The number of likely N-dealkylation sites (N-methyl/N-ethyl adjacent to an activating group) is 1. The first-order chi connectivity index (χ1) is 8.60. The van der Waals surface area contributed by atoms with E-state index in [0.29, 0.717) is 18.1 Å². The molecule has 0 aromatic heterocycles. The van der Waals surface area contributed by atoms with Crippen LogP contribution in [0.2, 0.25) is 0 Å². The maximum Gasteiger partial charge on any atom is 0.119 e. The second-order valence-electron chi connectivity index (χ2n) is 5.39. The quantitative estimate of drug-likeness (QED) is 0.885. The Hall–Kier alpha value is -1.06. The van der Waals surface area contributed by atoms with Crippen LogP contribution in [0.15, 0.2) is 24.3 Å². The van der Waals surface area contributed by atoms with Crippen molar-refractivity contribution >= 4 is 0 Å². The highest BCUT2D eigenvalue weighted by atomic mass is 16.5. The summed E-state index contributed by atoms with van der Waals surface area (Å²) >= 11 is 0. The van der Waals surface area contributed by atoms with Gasteiger partial charge >= 0.3 is 0 Å². The Balaban J connectivity index is 1.97. The van der Waals surface area contributed by atoms with E-state index in [2.05, 4.69) is 49.3 Å². The largest absolute Gasteiger partial charge is 0.497 e. The molecule has 0 amide bonds. The summed E-state index contributed by atoms with van der Waals surface area (Å²) in [7, 11) is 3.91. The van der Waals surface area contributed by atoms with Gasteiger partial charge in [0.1, 0.15) is 5.75 Å². The number of hydrogen-bond acceptors (Lipinski definition) is 3. The topological polar surface area (TPSA) is 24.5 Å². The number of rotatable bonds is 4. The molecule has 3 atom stereocenters. The summed E-state index contributed by atoms with van der Waals surface area (Å²) in [5, 5.41) is 3.71. The Kier molecular flexibility index (Phi) is 4.25. The van der Waals surface area contributed by atoms with Gasteiger partial charge < -0.3 is 15.0 Å². The van der Waals surface area contributed by atoms with E-state index in [1.165, 1.54) is 12.0 Å². The molecule has 100 valence electrons. The minimum Gasteiger partial charge on any atom is -0.497 e. The molecule has 18 heavy (non-hydrogen) atoms. The average molecular weight is 248 g/mol. The molecule has 3 heteroatoms. The van der Waals surface area contributed by atoms with E-state index in [-0.39, 0.29) is 0 Å². The van der Waals surface area contributed by atoms with E-state index >= 15 is 0 Å². The molecular weight excluding hydrogens is 224 g/mol. The van der Waals surface area contributed by atoms with Gasteiger partial charge in [0.05, 0.1) is 7.11 Å². The van der Waals surface area contributed by atoms with E-state index in [4.69, 9.17) is 4.74 Å². The zero-order valence-electron chi connectivity index (χ0n) is 11.8. The molecule has 2 unspecified atom stereocenters. The first kappa shape index (κ1) is 13.4. The second kappa shape index (κ2) is 5.72. The Bertz CT molecular complexity index is 384. The van der Waals surface area contributed by atoms with Gasteiger partial charge in [0.15, 0.2) is 0 Å². The summed E-state index contributed by atoms with van der Waals surface area (Å²) in [4.78, 5) is 2.41. The zero-order valence-corrected chi connectivity index (χ0v) is 11.8. The predicted octanol–water partition coefficient (Wildman–Crippen LogP) is 2.44. The first-order valence-electron chi connectivity index (χ1n) is 6.70. The number of likely N-dealkylation sites (tertiary alicyclic amines) is 1. The van der Waals surface area contributed by atoms with Gasteiger partial charge in [0, 0.05) is 24.7 Å². The standard InChI is InChI=1S/C15H24N2O/c1-11-8-14(10-17(11)3)16-12(2)13-6-5-7-15(9-13)18-4/h5-7,9,11-12,14,16H,8,10H2,1-4H3/t11?,12-,14?/m0/s1. The van der Waals surface area contributed by atoms with Gasteiger partial charge in [-0.3, -0.25) is 0 Å². The summed E-state index contributed by atoms with van der Waals surface area (Å²) in [6.07, 6.45) is 1.23. The molecular formula is C15H24N2O. The lowest BCUT2D eigenvalue weighted by Gasteiger charge is -2.20. The van der Waals surface area contributed by atoms with Gasteiger partial charge in [-0.2, -0.15) is 0 Å². The van der Waals surface area contributed by atoms with Crippen LogP contribution in [0.4, 0.5) is 0 Å². The van der Waals surface area contributed by atoms with Crippen molar-refractivity contribution in [2.75, 3.05) is 20.7 Å². The maximum absolute atomic E-state index is 5.27. The third-order valence-electron chi connectivity index (χ3n) is 3.97. The maximum atomic E-state index is 5.27. The summed E-state index contributed by atoms with van der Waals surface area (Å²) < 4.78 is 5.27. The molecule has 3 nitrogen and oxygen atoms in total. The summed E-state index contributed by atoms with van der Waals surface area (Å²) in [6.45, 7) is 5.64. The van der Waals surface area contributed by atoms with Crippen LogP contribution < -0.4 is 10.1 Å². The van der Waals surface area contributed by atoms with Gasteiger partial charge in [-0.25, -0.2) is 0 Å². The molecule has 1 aliphatic rings. The first-order valence-corrected chi connectivity index (χ1v) is 6.70. The molecule has 0 saturated carbocycles. The average Bonchev–Trinajstić information content (AvgIpc) is 2.68. The summed E-state index contributed by atoms with van der Waals surface area (Å²) in [5.74, 6) is 0.929. The van der Waals surface area contributed by atoms with Crippen molar-refractivity contribution in [3.63, 3.8) is 0 Å². The fraction of sp³-hybridized carbons (Fsp3) is 0.600. The minimum atomic E-state index is 0.365. The van der Waals surface area contributed by atoms with Crippen molar-refractivity contribution in [3.8, 4) is 5.75 Å². The molecule has 0 aliphatic carbocycles. The number of ether oxygens (including phenoxy) is 1. The molecule has 1 aliphatic heterocycles. The van der Waals surface area contributed by atoms with Crippen molar-refractivity contribution in [2.24, 2.45) is 0 Å². The molecule has 0 spiro atoms. The Morgan fingerprint density at radius 3 is 2.83 bits per heavy atom. The van der Waals surface area contributed by atoms with Crippen LogP contribution >= 0.6 is 0 Å². The summed E-state index contributed by atoms with van der Waals surface area (Å²) in [5.41, 5.74) is 1.29. The monoisotopic (exact) mass is 248 g/mol. The van der Waals surface area contributed by atoms with Crippen LogP contribution in [-0.4, -0.2) is 37.7 Å². The van der Waals surface area contributed by atoms with E-state index in [9.17, 15) is 0 Å². The van der Waals surface area contributed by atoms with Crippen LogP contribution in [0, 0.1) is 0 Å². The number of nitrogens with zero attached hydrogens (tertiary/aromatic N) is 1. The Morgan fingerprint density at radius 1 is 1.44 bits per heavy atom. The van der Waals surface area contributed by atoms with Crippen molar-refractivity contribution in [2.45, 2.75) is 38.4 Å². The predicted molar refractivity (Wildman–Crippen MR) is 75.0 cm³/mol. The van der Waals surface area contributed by atoms with Crippen molar-refractivity contribution < 1.29 is 4.74 Å². The lowest BCUT2D eigenvalue weighted by molar-refractivity contribution is 0.325. The van der Waals surface area contributed by atoms with Crippen LogP contribution in [-0.2, 0) is 0 Å². The lowest BCUT2D eigenvalue weighted by Crippen LogP contribution is -2.33.